The summed E-state index contributed by atoms with van der Waals surface area (Å²) in [6.07, 6.45) is 3.58. The SMILES string of the molecule is CCCCn1c(=S)[nH]cc(CN)c1=O. The van der Waals surface area contributed by atoms with Crippen molar-refractivity contribution in [2.24, 2.45) is 5.73 Å². The van der Waals surface area contributed by atoms with Crippen molar-refractivity contribution in [3.8, 4) is 0 Å². The van der Waals surface area contributed by atoms with Crippen molar-refractivity contribution < 1.29 is 0 Å². The summed E-state index contributed by atoms with van der Waals surface area (Å²) in [6.45, 7) is 2.99. The minimum absolute atomic E-state index is 0.0651. The van der Waals surface area contributed by atoms with Crippen LogP contribution in [0.1, 0.15) is 25.3 Å². The molecule has 0 atom stereocenters. The van der Waals surface area contributed by atoms with E-state index in [1.54, 1.807) is 10.8 Å². The van der Waals surface area contributed by atoms with Gasteiger partial charge in [0.1, 0.15) is 0 Å². The number of unbranched alkanes of at least 4 members (excludes halogenated alkanes) is 1. The third kappa shape index (κ3) is 2.30. The molecule has 0 saturated carbocycles. The van der Waals surface area contributed by atoms with Gasteiger partial charge in [-0.25, -0.2) is 0 Å². The Kier molecular flexibility index (Phi) is 4.03. The van der Waals surface area contributed by atoms with Gasteiger partial charge in [0.15, 0.2) is 4.77 Å². The Morgan fingerprint density at radius 3 is 2.93 bits per heavy atom. The van der Waals surface area contributed by atoms with Crippen molar-refractivity contribution in [3.05, 3.63) is 26.9 Å². The van der Waals surface area contributed by atoms with Crippen LogP contribution in [-0.4, -0.2) is 9.55 Å². The highest BCUT2D eigenvalue weighted by Gasteiger charge is 2.02. The molecule has 3 N–H and O–H groups in total. The van der Waals surface area contributed by atoms with Gasteiger partial charge in [0.25, 0.3) is 5.56 Å². The van der Waals surface area contributed by atoms with Crippen LogP contribution in [0.4, 0.5) is 0 Å². The highest BCUT2D eigenvalue weighted by atomic mass is 32.1. The highest BCUT2D eigenvalue weighted by Crippen LogP contribution is 1.94. The second-order valence-electron chi connectivity index (χ2n) is 3.13. The fourth-order valence-corrected chi connectivity index (χ4v) is 1.45. The van der Waals surface area contributed by atoms with Gasteiger partial charge in [-0.2, -0.15) is 0 Å². The van der Waals surface area contributed by atoms with Crippen molar-refractivity contribution >= 4 is 12.2 Å². The first-order chi connectivity index (χ1) is 6.70. The second kappa shape index (κ2) is 5.07. The van der Waals surface area contributed by atoms with Crippen LogP contribution in [0.3, 0.4) is 0 Å². The maximum Gasteiger partial charge on any atom is 0.258 e. The summed E-state index contributed by atoms with van der Waals surface area (Å²) in [5.41, 5.74) is 5.94. The number of hydrogen-bond acceptors (Lipinski definition) is 3. The molecular formula is C9H15N3OS. The van der Waals surface area contributed by atoms with Gasteiger partial charge in [-0.15, -0.1) is 0 Å². The van der Waals surface area contributed by atoms with E-state index in [2.05, 4.69) is 11.9 Å². The highest BCUT2D eigenvalue weighted by molar-refractivity contribution is 7.71. The molecule has 0 fully saturated rings. The first kappa shape index (κ1) is 11.1. The molecule has 1 aromatic rings. The number of H-pyrrole nitrogens is 1. The van der Waals surface area contributed by atoms with Crippen LogP contribution >= 0.6 is 12.2 Å². The van der Waals surface area contributed by atoms with Crippen molar-refractivity contribution in [2.75, 3.05) is 0 Å². The van der Waals surface area contributed by atoms with Crippen molar-refractivity contribution in [1.29, 1.82) is 0 Å². The Balaban J connectivity index is 3.13. The lowest BCUT2D eigenvalue weighted by molar-refractivity contribution is 0.589. The van der Waals surface area contributed by atoms with E-state index in [4.69, 9.17) is 18.0 Å². The van der Waals surface area contributed by atoms with Crippen LogP contribution in [0.2, 0.25) is 0 Å². The summed E-state index contributed by atoms with van der Waals surface area (Å²) >= 11 is 5.03. The third-order valence-electron chi connectivity index (χ3n) is 2.09. The zero-order valence-electron chi connectivity index (χ0n) is 8.25. The summed E-state index contributed by atoms with van der Waals surface area (Å²) in [6, 6.07) is 0. The minimum atomic E-state index is -0.0651. The maximum atomic E-state index is 11.7. The zero-order valence-corrected chi connectivity index (χ0v) is 9.06. The molecule has 78 valence electrons. The van der Waals surface area contributed by atoms with Crippen LogP contribution in [0, 0.1) is 4.77 Å². The maximum absolute atomic E-state index is 11.7. The number of aromatic nitrogens is 2. The normalized spacial score (nSPS) is 10.4. The van der Waals surface area contributed by atoms with E-state index >= 15 is 0 Å². The number of rotatable bonds is 4. The molecule has 0 unspecified atom stereocenters. The molecule has 1 aromatic heterocycles. The molecule has 0 amide bonds. The Morgan fingerprint density at radius 1 is 1.64 bits per heavy atom. The zero-order chi connectivity index (χ0) is 10.6. The Labute approximate surface area is 87.8 Å². The van der Waals surface area contributed by atoms with Gasteiger partial charge >= 0.3 is 0 Å². The monoisotopic (exact) mass is 213 g/mol. The topological polar surface area (TPSA) is 63.8 Å². The molecule has 1 heterocycles. The van der Waals surface area contributed by atoms with Crippen LogP contribution in [-0.2, 0) is 13.1 Å². The summed E-state index contributed by atoms with van der Waals surface area (Å²) in [5.74, 6) is 0. The Bertz CT molecular complexity index is 407. The number of hydrogen-bond donors (Lipinski definition) is 2. The summed E-state index contributed by atoms with van der Waals surface area (Å²) < 4.78 is 2.04. The lowest BCUT2D eigenvalue weighted by atomic mass is 10.3. The molecule has 0 aliphatic rings. The molecule has 0 aliphatic carbocycles. The smallest absolute Gasteiger partial charge is 0.258 e. The molecule has 5 heteroatoms. The van der Waals surface area contributed by atoms with Crippen molar-refractivity contribution in [1.82, 2.24) is 9.55 Å². The predicted octanol–water partition coefficient (Wildman–Crippen LogP) is 1.16. The van der Waals surface area contributed by atoms with Crippen LogP contribution in [0.5, 0.6) is 0 Å². The first-order valence-electron chi connectivity index (χ1n) is 4.72. The van der Waals surface area contributed by atoms with E-state index < -0.39 is 0 Å². The molecule has 0 aliphatic heterocycles. The largest absolute Gasteiger partial charge is 0.338 e. The van der Waals surface area contributed by atoms with Crippen molar-refractivity contribution in [3.63, 3.8) is 0 Å². The van der Waals surface area contributed by atoms with E-state index in [0.717, 1.165) is 12.8 Å². The minimum Gasteiger partial charge on any atom is -0.338 e. The standard InChI is InChI=1S/C9H15N3OS/c1-2-3-4-12-8(13)7(5-10)6-11-9(12)14/h6H,2-5,10H2,1H3,(H,11,14). The van der Waals surface area contributed by atoms with Gasteiger partial charge < -0.3 is 10.7 Å². The molecule has 0 spiro atoms. The van der Waals surface area contributed by atoms with Crippen LogP contribution in [0.15, 0.2) is 11.0 Å². The molecule has 0 radical (unpaired) electrons. The molecular weight excluding hydrogens is 198 g/mol. The molecule has 0 bridgehead atoms. The molecule has 0 saturated heterocycles. The number of nitrogens with zero attached hydrogens (tertiary/aromatic N) is 1. The number of nitrogens with one attached hydrogen (secondary N) is 1. The second-order valence-corrected chi connectivity index (χ2v) is 3.52. The van der Waals surface area contributed by atoms with Gasteiger partial charge in [0, 0.05) is 24.8 Å². The van der Waals surface area contributed by atoms with Crippen molar-refractivity contribution in [2.45, 2.75) is 32.9 Å². The number of nitrogens with two attached hydrogens (primary N) is 1. The van der Waals surface area contributed by atoms with E-state index in [1.807, 2.05) is 0 Å². The quantitative estimate of drug-likeness (QED) is 0.738. The fraction of sp³-hybridized carbons (Fsp3) is 0.556. The summed E-state index contributed by atoms with van der Waals surface area (Å²) in [4.78, 5) is 14.6. The van der Waals surface area contributed by atoms with E-state index in [9.17, 15) is 4.79 Å². The third-order valence-corrected chi connectivity index (χ3v) is 2.43. The molecule has 0 aromatic carbocycles. The van der Waals surface area contributed by atoms with Gasteiger partial charge in [-0.05, 0) is 18.6 Å². The van der Waals surface area contributed by atoms with Gasteiger partial charge in [0.05, 0.1) is 0 Å². The van der Waals surface area contributed by atoms with E-state index in [-0.39, 0.29) is 12.1 Å². The lowest BCUT2D eigenvalue weighted by Gasteiger charge is -2.06. The van der Waals surface area contributed by atoms with E-state index in [0.29, 0.717) is 16.9 Å². The predicted molar refractivity (Wildman–Crippen MR) is 58.7 cm³/mol. The Morgan fingerprint density at radius 2 is 2.36 bits per heavy atom. The Hall–Kier alpha value is -0.940. The lowest BCUT2D eigenvalue weighted by Crippen LogP contribution is -2.26. The average Bonchev–Trinajstić information content (AvgIpc) is 2.18. The molecule has 4 nitrogen and oxygen atoms in total. The van der Waals surface area contributed by atoms with Crippen LogP contribution < -0.4 is 11.3 Å². The molecule has 14 heavy (non-hydrogen) atoms. The first-order valence-corrected chi connectivity index (χ1v) is 5.13. The van der Waals surface area contributed by atoms with Gasteiger partial charge in [-0.3, -0.25) is 9.36 Å². The van der Waals surface area contributed by atoms with Gasteiger partial charge in [0.2, 0.25) is 0 Å². The number of aromatic amines is 1. The molecule has 1 rings (SSSR count). The summed E-state index contributed by atoms with van der Waals surface area (Å²) in [5, 5.41) is 0. The van der Waals surface area contributed by atoms with Crippen LogP contribution in [0.25, 0.3) is 0 Å². The fourth-order valence-electron chi connectivity index (χ4n) is 1.22. The van der Waals surface area contributed by atoms with E-state index in [1.165, 1.54) is 0 Å². The summed E-state index contributed by atoms with van der Waals surface area (Å²) in [7, 11) is 0. The average molecular weight is 213 g/mol. The van der Waals surface area contributed by atoms with Gasteiger partial charge in [-0.1, -0.05) is 13.3 Å².